The molecule has 1 saturated carbocycles. The number of rotatable bonds is 7. The molecule has 1 amide bonds. The number of amides is 1. The molecule has 0 aliphatic heterocycles. The number of esters is 1. The third-order valence-electron chi connectivity index (χ3n) is 5.37. The Morgan fingerprint density at radius 1 is 1.14 bits per heavy atom. The van der Waals surface area contributed by atoms with Crippen molar-refractivity contribution in [1.82, 2.24) is 10.5 Å². The van der Waals surface area contributed by atoms with Crippen molar-refractivity contribution >= 4 is 11.9 Å². The van der Waals surface area contributed by atoms with Crippen LogP contribution >= 0.6 is 0 Å². The van der Waals surface area contributed by atoms with Gasteiger partial charge in [0.2, 0.25) is 0 Å². The minimum absolute atomic E-state index is 0.187. The second-order valence-electron chi connectivity index (χ2n) is 7.72. The van der Waals surface area contributed by atoms with Crippen molar-refractivity contribution in [3.05, 3.63) is 46.8 Å². The van der Waals surface area contributed by atoms with E-state index in [4.69, 9.17) is 14.0 Å². The molecule has 1 heterocycles. The predicted octanol–water partition coefficient (Wildman–Crippen LogP) is 3.72. The third kappa shape index (κ3) is 5.82. The average Bonchev–Trinajstić information content (AvgIpc) is 3.04. The summed E-state index contributed by atoms with van der Waals surface area (Å²) in [6, 6.07) is 6.80. The molecular formula is C22H28N2O5. The molecule has 1 aromatic heterocycles. The fraction of sp³-hybridized carbons (Fsp3) is 0.500. The molecule has 1 aliphatic carbocycles. The van der Waals surface area contributed by atoms with Crippen LogP contribution in [-0.2, 0) is 16.1 Å². The highest BCUT2D eigenvalue weighted by Gasteiger charge is 2.20. The zero-order valence-electron chi connectivity index (χ0n) is 17.2. The molecule has 1 fully saturated rings. The molecule has 29 heavy (non-hydrogen) atoms. The van der Waals surface area contributed by atoms with Crippen molar-refractivity contribution in [2.75, 3.05) is 6.61 Å². The number of nitrogens with zero attached hydrogens (tertiary/aromatic N) is 1. The summed E-state index contributed by atoms with van der Waals surface area (Å²) in [4.78, 5) is 24.2. The highest BCUT2D eigenvalue weighted by atomic mass is 16.5. The topological polar surface area (TPSA) is 90.7 Å². The number of hydrogen-bond donors (Lipinski definition) is 1. The first-order valence-corrected chi connectivity index (χ1v) is 10.0. The van der Waals surface area contributed by atoms with Crippen LogP contribution in [0.1, 0.15) is 60.0 Å². The van der Waals surface area contributed by atoms with E-state index in [0.717, 1.165) is 48.6 Å². The maximum atomic E-state index is 12.2. The Labute approximate surface area is 170 Å². The van der Waals surface area contributed by atoms with Crippen LogP contribution in [0.2, 0.25) is 0 Å². The van der Waals surface area contributed by atoms with Crippen LogP contribution < -0.4 is 10.1 Å². The van der Waals surface area contributed by atoms with Gasteiger partial charge in [0.1, 0.15) is 18.1 Å². The summed E-state index contributed by atoms with van der Waals surface area (Å²) >= 11 is 0. The van der Waals surface area contributed by atoms with Gasteiger partial charge in [0.05, 0.1) is 16.8 Å². The van der Waals surface area contributed by atoms with Gasteiger partial charge in [-0.2, -0.15) is 0 Å². The van der Waals surface area contributed by atoms with Crippen LogP contribution in [-0.4, -0.2) is 29.7 Å². The summed E-state index contributed by atoms with van der Waals surface area (Å²) in [6.45, 7) is 6.00. The van der Waals surface area contributed by atoms with Crippen LogP contribution in [0.3, 0.4) is 0 Å². The monoisotopic (exact) mass is 400 g/mol. The number of hydrogen-bond acceptors (Lipinski definition) is 6. The van der Waals surface area contributed by atoms with Gasteiger partial charge < -0.3 is 19.3 Å². The quantitative estimate of drug-likeness (QED) is 0.713. The molecule has 3 rings (SSSR count). The lowest BCUT2D eigenvalue weighted by Gasteiger charge is -2.26. The first-order valence-electron chi connectivity index (χ1n) is 10.0. The smallest absolute Gasteiger partial charge is 0.338 e. The number of benzene rings is 1. The molecule has 1 aliphatic rings. The van der Waals surface area contributed by atoms with Crippen molar-refractivity contribution in [3.8, 4) is 5.75 Å². The molecule has 7 heteroatoms. The maximum Gasteiger partial charge on any atom is 0.338 e. The van der Waals surface area contributed by atoms with Gasteiger partial charge in [-0.05, 0) is 69.7 Å². The Balaban J connectivity index is 1.43. The molecule has 156 valence electrons. The summed E-state index contributed by atoms with van der Waals surface area (Å²) in [5.74, 6) is 1.28. The van der Waals surface area contributed by atoms with Crippen LogP contribution in [0.15, 0.2) is 28.8 Å². The standard InChI is InChI=1S/C22H28N2O5/c1-14-4-8-18(9-5-14)23-21(25)13-28-22(26)17-6-10-19(11-7-17)27-12-20-15(2)24-29-16(20)3/h6-7,10-11,14,18H,4-5,8-9,12-13H2,1-3H3,(H,23,25). The highest BCUT2D eigenvalue weighted by molar-refractivity contribution is 5.91. The van der Waals surface area contributed by atoms with Crippen LogP contribution in [0.25, 0.3) is 0 Å². The van der Waals surface area contributed by atoms with E-state index < -0.39 is 5.97 Å². The molecule has 0 atom stereocenters. The van der Waals surface area contributed by atoms with E-state index in [1.807, 2.05) is 13.8 Å². The van der Waals surface area contributed by atoms with Crippen molar-refractivity contribution < 1.29 is 23.6 Å². The molecule has 2 aromatic rings. The number of aromatic nitrogens is 1. The fourth-order valence-corrected chi connectivity index (χ4v) is 3.44. The first-order chi connectivity index (χ1) is 13.9. The summed E-state index contributed by atoms with van der Waals surface area (Å²) < 4.78 is 16.0. The molecule has 1 N–H and O–H groups in total. The van der Waals surface area contributed by atoms with Crippen molar-refractivity contribution in [3.63, 3.8) is 0 Å². The Morgan fingerprint density at radius 3 is 2.45 bits per heavy atom. The van der Waals surface area contributed by atoms with Crippen molar-refractivity contribution in [2.45, 2.75) is 59.1 Å². The zero-order chi connectivity index (χ0) is 20.8. The summed E-state index contributed by atoms with van der Waals surface area (Å²) in [5.41, 5.74) is 2.07. The van der Waals surface area contributed by atoms with Crippen LogP contribution in [0.5, 0.6) is 5.75 Å². The molecule has 0 saturated heterocycles. The van der Waals surface area contributed by atoms with E-state index in [1.165, 1.54) is 0 Å². The predicted molar refractivity (Wildman–Crippen MR) is 107 cm³/mol. The molecule has 0 radical (unpaired) electrons. The Hall–Kier alpha value is -2.83. The number of ether oxygens (including phenoxy) is 2. The Kier molecular flexibility index (Phi) is 6.90. The SMILES string of the molecule is Cc1noc(C)c1COc1ccc(C(=O)OCC(=O)NC2CCC(C)CC2)cc1. The van der Waals surface area contributed by atoms with Gasteiger partial charge in [0.15, 0.2) is 6.61 Å². The van der Waals surface area contributed by atoms with E-state index in [2.05, 4.69) is 17.4 Å². The fourth-order valence-electron chi connectivity index (χ4n) is 3.44. The molecule has 0 unspecified atom stereocenters. The zero-order valence-corrected chi connectivity index (χ0v) is 17.2. The number of aryl methyl sites for hydroxylation is 2. The maximum absolute atomic E-state index is 12.2. The minimum Gasteiger partial charge on any atom is -0.489 e. The van der Waals surface area contributed by atoms with Crippen LogP contribution in [0.4, 0.5) is 0 Å². The number of nitrogens with one attached hydrogen (secondary N) is 1. The molecule has 1 aromatic carbocycles. The van der Waals surface area contributed by atoms with Gasteiger partial charge in [-0.25, -0.2) is 4.79 Å². The van der Waals surface area contributed by atoms with E-state index in [9.17, 15) is 9.59 Å². The van der Waals surface area contributed by atoms with Gasteiger partial charge in [-0.3, -0.25) is 4.79 Å². The molecule has 7 nitrogen and oxygen atoms in total. The molecule has 0 bridgehead atoms. The minimum atomic E-state index is -0.533. The van der Waals surface area contributed by atoms with E-state index in [0.29, 0.717) is 17.9 Å². The lowest BCUT2D eigenvalue weighted by molar-refractivity contribution is -0.125. The summed E-state index contributed by atoms with van der Waals surface area (Å²) in [7, 11) is 0. The van der Waals surface area contributed by atoms with E-state index in [-0.39, 0.29) is 18.6 Å². The summed E-state index contributed by atoms with van der Waals surface area (Å²) in [6.07, 6.45) is 4.21. The number of carbonyl (C=O) groups is 2. The van der Waals surface area contributed by atoms with Gasteiger partial charge in [0.25, 0.3) is 5.91 Å². The second kappa shape index (κ2) is 9.58. The highest BCUT2D eigenvalue weighted by Crippen LogP contribution is 2.23. The van der Waals surface area contributed by atoms with Crippen molar-refractivity contribution in [2.24, 2.45) is 5.92 Å². The normalized spacial score (nSPS) is 18.9. The third-order valence-corrected chi connectivity index (χ3v) is 5.37. The second-order valence-corrected chi connectivity index (χ2v) is 7.72. The van der Waals surface area contributed by atoms with Crippen molar-refractivity contribution in [1.29, 1.82) is 0 Å². The van der Waals surface area contributed by atoms with Gasteiger partial charge >= 0.3 is 5.97 Å². The van der Waals surface area contributed by atoms with E-state index in [1.54, 1.807) is 24.3 Å². The largest absolute Gasteiger partial charge is 0.489 e. The molecular weight excluding hydrogens is 372 g/mol. The Morgan fingerprint density at radius 2 is 1.83 bits per heavy atom. The first kappa shape index (κ1) is 20.9. The van der Waals surface area contributed by atoms with Gasteiger partial charge in [-0.15, -0.1) is 0 Å². The van der Waals surface area contributed by atoms with Crippen LogP contribution in [0, 0.1) is 19.8 Å². The Bertz CT molecular complexity index is 816. The summed E-state index contributed by atoms with van der Waals surface area (Å²) in [5, 5.41) is 6.84. The lowest BCUT2D eigenvalue weighted by atomic mass is 9.87. The van der Waals surface area contributed by atoms with Gasteiger partial charge in [-0.1, -0.05) is 12.1 Å². The molecule has 0 spiro atoms. The lowest BCUT2D eigenvalue weighted by Crippen LogP contribution is -2.39. The number of carbonyl (C=O) groups excluding carboxylic acids is 2. The van der Waals surface area contributed by atoms with E-state index >= 15 is 0 Å². The average molecular weight is 400 g/mol. The van der Waals surface area contributed by atoms with Gasteiger partial charge in [0, 0.05) is 6.04 Å².